The molecule has 376 valence electrons. The molecular weight excluding hydrogens is 827 g/mol. The monoisotopic (exact) mass is 922 g/mol. The van der Waals surface area contributed by atoms with Crippen LogP contribution in [0.4, 0.5) is 0 Å². The van der Waals surface area contributed by atoms with E-state index in [4.69, 9.17) is 18.9 Å². The normalized spacial score (nSPS) is 13.7. The summed E-state index contributed by atoms with van der Waals surface area (Å²) >= 11 is 0. The summed E-state index contributed by atoms with van der Waals surface area (Å²) in [6, 6.07) is 0. The van der Waals surface area contributed by atoms with Crippen molar-refractivity contribution in [3.63, 3.8) is 0 Å². The van der Waals surface area contributed by atoms with E-state index in [-0.39, 0.29) is 38.6 Å². The van der Waals surface area contributed by atoms with Crippen LogP contribution in [-0.2, 0) is 33.3 Å². The van der Waals surface area contributed by atoms with Crippen LogP contribution in [0.5, 0.6) is 0 Å². The molecule has 0 N–H and O–H groups in total. The molecule has 0 saturated carbocycles. The highest BCUT2D eigenvalue weighted by molar-refractivity contribution is 5.70. The van der Waals surface area contributed by atoms with Crippen LogP contribution in [0.3, 0.4) is 0 Å². The molecule has 9 heteroatoms. The molecule has 0 spiro atoms. The Morgan fingerprint density at radius 2 is 0.864 bits per heavy atom. The molecular formula is C57H95NO8. The van der Waals surface area contributed by atoms with Crippen LogP contribution in [0, 0.1) is 0 Å². The van der Waals surface area contributed by atoms with Gasteiger partial charge in [-0.3, -0.25) is 9.59 Å². The van der Waals surface area contributed by atoms with Crippen LogP contribution >= 0.6 is 0 Å². The van der Waals surface area contributed by atoms with Crippen molar-refractivity contribution in [1.29, 1.82) is 0 Å². The van der Waals surface area contributed by atoms with Gasteiger partial charge in [-0.05, 0) is 96.3 Å². The first-order valence-electron chi connectivity index (χ1n) is 25.9. The summed E-state index contributed by atoms with van der Waals surface area (Å²) in [5, 5.41) is 11.7. The minimum Gasteiger partial charge on any atom is -0.545 e. The third-order valence-electron chi connectivity index (χ3n) is 10.6. The Bertz CT molecular complexity index is 1400. The molecule has 0 aliphatic rings. The SMILES string of the molecule is CC/C=C\C/C=C\C/C=C\C/C=C\C/C=C\C/C=C\C/C=C\CCCCCCCC(=O)OC(COC(=O)CCCCCCC/C=C\CCCCCCC)COC(OCC[N+](C)(C)C)C(=O)[O-]. The zero-order valence-corrected chi connectivity index (χ0v) is 42.5. The molecule has 0 aromatic heterocycles. The zero-order valence-electron chi connectivity index (χ0n) is 42.5. The largest absolute Gasteiger partial charge is 0.545 e. The van der Waals surface area contributed by atoms with E-state index in [1.165, 1.54) is 38.5 Å². The second-order valence-corrected chi connectivity index (χ2v) is 18.1. The van der Waals surface area contributed by atoms with Crippen LogP contribution in [0.2, 0.25) is 0 Å². The lowest BCUT2D eigenvalue weighted by Crippen LogP contribution is -2.44. The van der Waals surface area contributed by atoms with Crippen molar-refractivity contribution in [1.82, 2.24) is 0 Å². The van der Waals surface area contributed by atoms with E-state index in [1.807, 2.05) is 21.1 Å². The van der Waals surface area contributed by atoms with Gasteiger partial charge in [-0.25, -0.2) is 0 Å². The third kappa shape index (κ3) is 48.2. The molecule has 0 aliphatic heterocycles. The number of unbranched alkanes of at least 4 members (excludes halogenated alkanes) is 15. The summed E-state index contributed by atoms with van der Waals surface area (Å²) in [6.45, 7) is 4.57. The average molecular weight is 922 g/mol. The minimum absolute atomic E-state index is 0.137. The van der Waals surface area contributed by atoms with Crippen LogP contribution in [0.25, 0.3) is 0 Å². The topological polar surface area (TPSA) is 111 Å². The van der Waals surface area contributed by atoms with Gasteiger partial charge in [0, 0.05) is 12.8 Å². The van der Waals surface area contributed by atoms with E-state index in [1.54, 1.807) is 0 Å². The van der Waals surface area contributed by atoms with Crippen LogP contribution in [0.15, 0.2) is 97.2 Å². The van der Waals surface area contributed by atoms with Crippen molar-refractivity contribution in [3.8, 4) is 0 Å². The number of quaternary nitrogens is 1. The van der Waals surface area contributed by atoms with Gasteiger partial charge in [0.15, 0.2) is 12.4 Å². The molecule has 0 aromatic rings. The van der Waals surface area contributed by atoms with Crippen molar-refractivity contribution in [2.24, 2.45) is 0 Å². The van der Waals surface area contributed by atoms with Gasteiger partial charge in [0.05, 0.1) is 40.3 Å². The quantitative estimate of drug-likeness (QED) is 0.0195. The molecule has 0 aliphatic carbocycles. The Balaban J connectivity index is 4.39. The zero-order chi connectivity index (χ0) is 48.4. The van der Waals surface area contributed by atoms with Crippen molar-refractivity contribution < 1.29 is 42.9 Å². The predicted octanol–water partition coefficient (Wildman–Crippen LogP) is 13.3. The van der Waals surface area contributed by atoms with E-state index in [0.717, 1.165) is 116 Å². The van der Waals surface area contributed by atoms with Crippen molar-refractivity contribution in [3.05, 3.63) is 97.2 Å². The first-order chi connectivity index (χ1) is 32.1. The maximum Gasteiger partial charge on any atom is 0.306 e. The number of carbonyl (C=O) groups excluding carboxylic acids is 3. The number of carboxylic acids is 1. The number of hydrogen-bond donors (Lipinski definition) is 0. The van der Waals surface area contributed by atoms with Crippen LogP contribution in [-0.4, -0.2) is 82.3 Å². The Morgan fingerprint density at radius 3 is 1.30 bits per heavy atom. The first-order valence-corrected chi connectivity index (χ1v) is 25.9. The standard InChI is InChI=1S/C57H95NO8/c1-6-8-10-12-14-16-18-20-22-23-24-25-26-27-28-29-30-31-32-33-34-36-38-40-42-44-46-48-55(60)66-53(52-65-57(56(61)62)63-50-49-58(3,4)5)51-64-54(59)47-45-43-41-39-37-35-21-19-17-15-13-11-9-7-2/h8,10,14,16,19-22,24-25,27-28,30-31,33-34,53,57H,6-7,9,11-13,15,17-18,23,26,29,32,35-52H2,1-5H3/b10-8-,16-14-,21-19-,22-20-,25-24-,28-27-,31-30-,34-33-. The number of nitrogens with zero attached hydrogens (tertiary/aromatic N) is 1. The molecule has 0 heterocycles. The van der Waals surface area contributed by atoms with E-state index < -0.39 is 24.3 Å². The van der Waals surface area contributed by atoms with E-state index in [0.29, 0.717) is 17.4 Å². The molecule has 0 radical (unpaired) electrons. The molecule has 0 bridgehead atoms. The van der Waals surface area contributed by atoms with Crippen LogP contribution in [0.1, 0.15) is 187 Å². The highest BCUT2D eigenvalue weighted by Crippen LogP contribution is 2.13. The van der Waals surface area contributed by atoms with Gasteiger partial charge in [0.1, 0.15) is 13.2 Å². The number of carboxylic acid groups (broad SMARTS) is 1. The van der Waals surface area contributed by atoms with E-state index >= 15 is 0 Å². The number of ether oxygens (including phenoxy) is 4. The summed E-state index contributed by atoms with van der Waals surface area (Å²) in [7, 11) is 5.89. The maximum absolute atomic E-state index is 12.8. The summed E-state index contributed by atoms with van der Waals surface area (Å²) in [5.41, 5.74) is 0. The lowest BCUT2D eigenvalue weighted by Gasteiger charge is -2.26. The van der Waals surface area contributed by atoms with Crippen LogP contribution < -0.4 is 5.11 Å². The Labute approximate surface area is 403 Å². The van der Waals surface area contributed by atoms with E-state index in [9.17, 15) is 19.5 Å². The summed E-state index contributed by atoms with van der Waals surface area (Å²) in [6.07, 6.45) is 60.1. The number of rotatable bonds is 46. The van der Waals surface area contributed by atoms with E-state index in [2.05, 4.69) is 111 Å². The Morgan fingerprint density at radius 1 is 0.470 bits per heavy atom. The second kappa shape index (κ2) is 47.7. The number of carbonyl (C=O) groups is 3. The van der Waals surface area contributed by atoms with Gasteiger partial charge in [-0.2, -0.15) is 0 Å². The van der Waals surface area contributed by atoms with Gasteiger partial charge in [-0.1, -0.05) is 175 Å². The van der Waals surface area contributed by atoms with Gasteiger partial charge in [-0.15, -0.1) is 0 Å². The molecule has 0 amide bonds. The number of aliphatic carboxylic acids is 1. The van der Waals surface area contributed by atoms with Gasteiger partial charge in [0.25, 0.3) is 0 Å². The fraction of sp³-hybridized carbons (Fsp3) is 0.667. The number of likely N-dealkylation sites (N-methyl/N-ethyl adjacent to an activating group) is 1. The maximum atomic E-state index is 12.8. The second-order valence-electron chi connectivity index (χ2n) is 18.1. The first kappa shape index (κ1) is 62.2. The fourth-order valence-corrected chi connectivity index (χ4v) is 6.57. The predicted molar refractivity (Wildman–Crippen MR) is 274 cm³/mol. The molecule has 9 nitrogen and oxygen atoms in total. The van der Waals surface area contributed by atoms with Crippen molar-refractivity contribution in [2.45, 2.75) is 200 Å². The number of esters is 2. The molecule has 0 aromatic carbocycles. The lowest BCUT2D eigenvalue weighted by molar-refractivity contribution is -0.870. The Kier molecular flexibility index (Phi) is 45.0. The summed E-state index contributed by atoms with van der Waals surface area (Å²) in [5.74, 6) is -2.33. The number of hydrogen-bond acceptors (Lipinski definition) is 8. The average Bonchev–Trinajstić information content (AvgIpc) is 3.28. The lowest BCUT2D eigenvalue weighted by atomic mass is 10.1. The summed E-state index contributed by atoms with van der Waals surface area (Å²) in [4.78, 5) is 37.1. The number of allylic oxidation sites excluding steroid dienone is 16. The Hall–Kier alpha value is -3.79. The smallest absolute Gasteiger partial charge is 0.306 e. The molecule has 66 heavy (non-hydrogen) atoms. The molecule has 0 rings (SSSR count). The highest BCUT2D eigenvalue weighted by atomic mass is 16.7. The van der Waals surface area contributed by atoms with Gasteiger partial charge in [0.2, 0.25) is 0 Å². The molecule has 0 fully saturated rings. The minimum atomic E-state index is -1.63. The van der Waals surface area contributed by atoms with Crippen molar-refractivity contribution in [2.75, 3.05) is 47.5 Å². The highest BCUT2D eigenvalue weighted by Gasteiger charge is 2.21. The third-order valence-corrected chi connectivity index (χ3v) is 10.6. The molecule has 0 saturated heterocycles. The van der Waals surface area contributed by atoms with Gasteiger partial charge >= 0.3 is 11.9 Å². The van der Waals surface area contributed by atoms with Crippen molar-refractivity contribution >= 4 is 17.9 Å². The summed E-state index contributed by atoms with van der Waals surface area (Å²) < 4.78 is 22.6. The fourth-order valence-electron chi connectivity index (χ4n) is 6.57. The van der Waals surface area contributed by atoms with Gasteiger partial charge < -0.3 is 33.3 Å². The molecule has 2 unspecified atom stereocenters. The molecule has 2 atom stereocenters.